The number of halogens is 1. The van der Waals surface area contributed by atoms with Crippen molar-refractivity contribution in [2.45, 2.75) is 56.8 Å². The minimum atomic E-state index is -0.270. The summed E-state index contributed by atoms with van der Waals surface area (Å²) in [7, 11) is 1.79. The molecule has 4 rings (SSSR count). The van der Waals surface area contributed by atoms with Crippen molar-refractivity contribution in [2.75, 3.05) is 30.8 Å². The lowest BCUT2D eigenvalue weighted by Gasteiger charge is -2.31. The van der Waals surface area contributed by atoms with Gasteiger partial charge in [0.25, 0.3) is 0 Å². The zero-order valence-corrected chi connectivity index (χ0v) is 18.7. The van der Waals surface area contributed by atoms with Gasteiger partial charge in [-0.15, -0.1) is 10.2 Å². The number of hydrogen-bond acceptors (Lipinski definition) is 5. The quantitative estimate of drug-likeness (QED) is 0.612. The Bertz CT molecular complexity index is 874. The van der Waals surface area contributed by atoms with Gasteiger partial charge in [-0.05, 0) is 56.2 Å². The summed E-state index contributed by atoms with van der Waals surface area (Å²) in [6.45, 7) is 6.30. The molecular formula is C22H30FN5OS. The Morgan fingerprint density at radius 2 is 1.87 bits per heavy atom. The molecule has 0 radical (unpaired) electrons. The number of hydrogen-bond donors (Lipinski definition) is 0. The van der Waals surface area contributed by atoms with Crippen molar-refractivity contribution >= 4 is 23.6 Å². The smallest absolute Gasteiger partial charge is 0.233 e. The largest absolute Gasteiger partial charge is 0.341 e. The molecule has 0 spiro atoms. The first kappa shape index (κ1) is 21.2. The van der Waals surface area contributed by atoms with Gasteiger partial charge in [-0.3, -0.25) is 9.36 Å². The highest BCUT2D eigenvalue weighted by molar-refractivity contribution is 7.99. The topological polar surface area (TPSA) is 54.3 Å². The van der Waals surface area contributed by atoms with Crippen LogP contribution in [0.2, 0.25) is 0 Å². The van der Waals surface area contributed by atoms with E-state index in [-0.39, 0.29) is 17.8 Å². The minimum Gasteiger partial charge on any atom is -0.341 e. The number of thioether (sulfide) groups is 1. The fraction of sp³-hybridized carbons (Fsp3) is 0.591. The van der Waals surface area contributed by atoms with Gasteiger partial charge in [0.05, 0.1) is 11.8 Å². The number of carbonyl (C=O) groups excluding carboxylic acids is 1. The van der Waals surface area contributed by atoms with Crippen LogP contribution in [0, 0.1) is 11.7 Å². The Morgan fingerprint density at radius 3 is 2.50 bits per heavy atom. The number of piperidine rings is 1. The van der Waals surface area contributed by atoms with Crippen LogP contribution >= 0.6 is 11.8 Å². The first-order valence-electron chi connectivity index (χ1n) is 10.8. The maximum atomic E-state index is 13.2. The van der Waals surface area contributed by atoms with Crippen LogP contribution in [0.4, 0.5) is 10.3 Å². The van der Waals surface area contributed by atoms with Crippen LogP contribution in [-0.2, 0) is 4.79 Å². The lowest BCUT2D eigenvalue weighted by molar-refractivity contribution is -0.128. The number of amides is 1. The molecule has 30 heavy (non-hydrogen) atoms. The minimum absolute atomic E-state index is 0.0236. The molecule has 1 saturated carbocycles. The Balaban J connectivity index is 1.40. The van der Waals surface area contributed by atoms with Gasteiger partial charge in [-0.25, -0.2) is 4.39 Å². The van der Waals surface area contributed by atoms with Gasteiger partial charge < -0.3 is 9.80 Å². The molecule has 1 unspecified atom stereocenters. The second-order valence-corrected chi connectivity index (χ2v) is 9.52. The third-order valence-corrected chi connectivity index (χ3v) is 7.20. The molecule has 162 valence electrons. The maximum absolute atomic E-state index is 13.2. The van der Waals surface area contributed by atoms with E-state index in [4.69, 9.17) is 0 Å². The second kappa shape index (κ2) is 8.96. The molecule has 0 bridgehead atoms. The normalized spacial score (nSPS) is 18.5. The van der Waals surface area contributed by atoms with E-state index < -0.39 is 0 Å². The SMILES string of the molecule is CC1CCN(c2nnc(SCC(=O)N(C)C(C)c3ccc(F)cc3)n2C2CC2)CC1. The fourth-order valence-electron chi connectivity index (χ4n) is 3.85. The highest BCUT2D eigenvalue weighted by Crippen LogP contribution is 2.41. The van der Waals surface area contributed by atoms with Crippen molar-refractivity contribution in [3.63, 3.8) is 0 Å². The highest BCUT2D eigenvalue weighted by atomic mass is 32.2. The Labute approximate surface area is 181 Å². The van der Waals surface area contributed by atoms with Crippen LogP contribution in [0.15, 0.2) is 29.4 Å². The number of benzene rings is 1. The number of rotatable bonds is 7. The zero-order valence-electron chi connectivity index (χ0n) is 17.9. The molecule has 0 N–H and O–H groups in total. The lowest BCUT2D eigenvalue weighted by atomic mass is 10.00. The summed E-state index contributed by atoms with van der Waals surface area (Å²) < 4.78 is 15.4. The molecule has 1 atom stereocenters. The Kier molecular flexibility index (Phi) is 6.32. The molecule has 1 aromatic heterocycles. The average Bonchev–Trinajstić information content (AvgIpc) is 3.51. The molecule has 1 amide bonds. The zero-order chi connectivity index (χ0) is 21.3. The molecule has 2 aliphatic rings. The maximum Gasteiger partial charge on any atom is 0.233 e. The number of aromatic nitrogens is 3. The number of nitrogens with zero attached hydrogens (tertiary/aromatic N) is 5. The molecule has 8 heteroatoms. The van der Waals surface area contributed by atoms with E-state index in [0.717, 1.165) is 48.5 Å². The lowest BCUT2D eigenvalue weighted by Crippen LogP contribution is -2.34. The third-order valence-electron chi connectivity index (χ3n) is 6.28. The summed E-state index contributed by atoms with van der Waals surface area (Å²) in [6.07, 6.45) is 4.67. The van der Waals surface area contributed by atoms with Gasteiger partial charge in [-0.2, -0.15) is 0 Å². The van der Waals surface area contributed by atoms with Crippen molar-refractivity contribution < 1.29 is 9.18 Å². The Hall–Kier alpha value is -2.09. The fourth-order valence-corrected chi connectivity index (χ4v) is 4.78. The molecular weight excluding hydrogens is 401 g/mol. The average molecular weight is 432 g/mol. The first-order chi connectivity index (χ1) is 14.4. The monoisotopic (exact) mass is 431 g/mol. The van der Waals surface area contributed by atoms with Crippen LogP contribution in [0.5, 0.6) is 0 Å². The van der Waals surface area contributed by atoms with Crippen molar-refractivity contribution in [3.05, 3.63) is 35.6 Å². The molecule has 6 nitrogen and oxygen atoms in total. The number of anilines is 1. The van der Waals surface area contributed by atoms with Gasteiger partial charge in [0, 0.05) is 26.2 Å². The predicted octanol–water partition coefficient (Wildman–Crippen LogP) is 4.30. The Morgan fingerprint density at radius 1 is 1.20 bits per heavy atom. The summed E-state index contributed by atoms with van der Waals surface area (Å²) in [4.78, 5) is 16.9. The molecule has 1 aliphatic carbocycles. The van der Waals surface area contributed by atoms with E-state index in [1.807, 2.05) is 6.92 Å². The van der Waals surface area contributed by atoms with Crippen LogP contribution < -0.4 is 4.90 Å². The predicted molar refractivity (Wildman–Crippen MR) is 117 cm³/mol. The van der Waals surface area contributed by atoms with Crippen LogP contribution in [-0.4, -0.2) is 51.5 Å². The summed E-state index contributed by atoms with van der Waals surface area (Å²) in [6, 6.07) is 6.66. The molecule has 1 aliphatic heterocycles. The van der Waals surface area contributed by atoms with E-state index in [2.05, 4.69) is 26.6 Å². The van der Waals surface area contributed by atoms with Gasteiger partial charge in [0.2, 0.25) is 11.9 Å². The molecule has 1 saturated heterocycles. The standard InChI is InChI=1S/C22H30FN5OS/c1-15-10-12-27(13-11-15)21-24-25-22(28(21)19-8-9-19)30-14-20(29)26(3)16(2)17-4-6-18(23)7-5-17/h4-7,15-16,19H,8-14H2,1-3H3. The second-order valence-electron chi connectivity index (χ2n) is 8.57. The van der Waals surface area contributed by atoms with Crippen molar-refractivity contribution in [1.82, 2.24) is 19.7 Å². The van der Waals surface area contributed by atoms with E-state index in [9.17, 15) is 9.18 Å². The summed E-state index contributed by atoms with van der Waals surface area (Å²) in [5.74, 6) is 1.80. The molecule has 2 aromatic rings. The molecule has 2 fully saturated rings. The van der Waals surface area contributed by atoms with Crippen LogP contribution in [0.1, 0.15) is 57.2 Å². The van der Waals surface area contributed by atoms with E-state index >= 15 is 0 Å². The third kappa shape index (κ3) is 4.63. The van der Waals surface area contributed by atoms with Crippen molar-refractivity contribution in [2.24, 2.45) is 5.92 Å². The van der Waals surface area contributed by atoms with Crippen LogP contribution in [0.25, 0.3) is 0 Å². The highest BCUT2D eigenvalue weighted by Gasteiger charge is 2.33. The van der Waals surface area contributed by atoms with Gasteiger partial charge in [0.1, 0.15) is 5.82 Å². The molecule has 2 heterocycles. The van der Waals surface area contributed by atoms with Crippen LogP contribution in [0.3, 0.4) is 0 Å². The van der Waals surface area contributed by atoms with Gasteiger partial charge in [-0.1, -0.05) is 30.8 Å². The van der Waals surface area contributed by atoms with Gasteiger partial charge in [0.15, 0.2) is 5.16 Å². The van der Waals surface area contributed by atoms with E-state index in [1.54, 1.807) is 24.1 Å². The first-order valence-corrected chi connectivity index (χ1v) is 11.8. The summed E-state index contributed by atoms with van der Waals surface area (Å²) >= 11 is 1.46. The van der Waals surface area contributed by atoms with Gasteiger partial charge >= 0.3 is 0 Å². The van der Waals surface area contributed by atoms with Crippen molar-refractivity contribution in [1.29, 1.82) is 0 Å². The summed E-state index contributed by atoms with van der Waals surface area (Å²) in [5, 5.41) is 9.77. The molecule has 1 aromatic carbocycles. The van der Waals surface area contributed by atoms with Crippen molar-refractivity contribution in [3.8, 4) is 0 Å². The number of carbonyl (C=O) groups is 1. The summed E-state index contributed by atoms with van der Waals surface area (Å²) in [5.41, 5.74) is 0.917. The van der Waals surface area contributed by atoms with E-state index in [0.29, 0.717) is 11.8 Å². The van der Waals surface area contributed by atoms with E-state index in [1.165, 1.54) is 36.7 Å².